The number of hydrogen-bond donors (Lipinski definition) is 0. The van der Waals surface area contributed by atoms with E-state index in [0.717, 1.165) is 12.8 Å². The number of hydrogen-bond acceptors (Lipinski definition) is 7. The van der Waals surface area contributed by atoms with Crippen molar-refractivity contribution in [1.82, 2.24) is 4.90 Å². The molecular formula is C26H35NO6S. The van der Waals surface area contributed by atoms with Crippen molar-refractivity contribution in [3.05, 3.63) is 42.1 Å². The van der Waals surface area contributed by atoms with Crippen molar-refractivity contribution in [2.75, 3.05) is 19.4 Å². The zero-order valence-electron chi connectivity index (χ0n) is 20.5. The van der Waals surface area contributed by atoms with Crippen LogP contribution >= 0.6 is 0 Å². The van der Waals surface area contributed by atoms with Gasteiger partial charge in [0.25, 0.3) is 0 Å². The highest BCUT2D eigenvalue weighted by Crippen LogP contribution is 2.67. The topological polar surface area (TPSA) is 90.0 Å². The number of benzene rings is 1. The molecule has 4 rings (SSSR count). The summed E-state index contributed by atoms with van der Waals surface area (Å²) >= 11 is 0. The Morgan fingerprint density at radius 1 is 1.18 bits per heavy atom. The van der Waals surface area contributed by atoms with Gasteiger partial charge in [0.15, 0.2) is 9.84 Å². The molecule has 1 aliphatic heterocycles. The Labute approximate surface area is 202 Å². The SMILES string of the molecule is COC(=O)[C@@H]1CCCN1/C(C)=C\C(=O)O[C@H]1C[C@@H]2CC[C@@]1(CS(=O)(=O)c1ccccc1)C2(C)C. The molecule has 8 heteroatoms. The van der Waals surface area contributed by atoms with Gasteiger partial charge in [-0.1, -0.05) is 32.0 Å². The number of esters is 2. The number of nitrogens with zero attached hydrogens (tertiary/aromatic N) is 1. The number of likely N-dealkylation sites (tertiary alicyclic amines) is 1. The molecule has 3 fully saturated rings. The molecule has 0 amide bonds. The second-order valence-electron chi connectivity index (χ2n) is 10.5. The molecule has 34 heavy (non-hydrogen) atoms. The molecule has 2 bridgehead atoms. The molecule has 0 unspecified atom stereocenters. The lowest BCUT2D eigenvalue weighted by Gasteiger charge is -2.41. The first-order chi connectivity index (χ1) is 16.0. The van der Waals surface area contributed by atoms with Crippen LogP contribution in [0.4, 0.5) is 0 Å². The van der Waals surface area contributed by atoms with Gasteiger partial charge in [-0.05, 0) is 62.5 Å². The fourth-order valence-electron chi connectivity index (χ4n) is 6.55. The molecule has 1 heterocycles. The number of fused-ring (bicyclic) bond motifs is 2. The average molecular weight is 490 g/mol. The Bertz CT molecular complexity index is 1080. The summed E-state index contributed by atoms with van der Waals surface area (Å²) in [5.41, 5.74) is -0.235. The van der Waals surface area contributed by atoms with Gasteiger partial charge in [-0.2, -0.15) is 0 Å². The van der Waals surface area contributed by atoms with Crippen molar-refractivity contribution < 1.29 is 27.5 Å². The number of ether oxygens (including phenoxy) is 2. The van der Waals surface area contributed by atoms with Gasteiger partial charge in [-0.3, -0.25) is 0 Å². The first-order valence-electron chi connectivity index (χ1n) is 12.0. The van der Waals surface area contributed by atoms with Crippen LogP contribution in [0.3, 0.4) is 0 Å². The molecule has 0 aromatic heterocycles. The molecule has 0 spiro atoms. The third-order valence-electron chi connectivity index (χ3n) is 8.67. The molecule has 3 aliphatic rings. The highest BCUT2D eigenvalue weighted by Gasteiger charge is 2.66. The molecule has 1 aromatic rings. The summed E-state index contributed by atoms with van der Waals surface area (Å²) in [5, 5.41) is 0. The minimum Gasteiger partial charge on any atom is -0.467 e. The van der Waals surface area contributed by atoms with Gasteiger partial charge in [0, 0.05) is 23.7 Å². The number of rotatable bonds is 7. The Morgan fingerprint density at radius 2 is 1.88 bits per heavy atom. The summed E-state index contributed by atoms with van der Waals surface area (Å²) < 4.78 is 37.6. The molecule has 4 atom stereocenters. The van der Waals surface area contributed by atoms with E-state index < -0.39 is 33.4 Å². The molecule has 0 radical (unpaired) electrons. The van der Waals surface area contributed by atoms with Gasteiger partial charge >= 0.3 is 11.9 Å². The first-order valence-corrected chi connectivity index (χ1v) is 13.7. The molecule has 0 N–H and O–H groups in total. The van der Waals surface area contributed by atoms with Crippen LogP contribution in [0.25, 0.3) is 0 Å². The van der Waals surface area contributed by atoms with Gasteiger partial charge in [-0.25, -0.2) is 18.0 Å². The molecule has 7 nitrogen and oxygen atoms in total. The molecule has 2 aliphatic carbocycles. The van der Waals surface area contributed by atoms with E-state index in [2.05, 4.69) is 13.8 Å². The third kappa shape index (κ3) is 4.14. The quantitative estimate of drug-likeness (QED) is 0.426. The Hall–Kier alpha value is -2.35. The molecule has 1 saturated heterocycles. The Morgan fingerprint density at radius 3 is 2.53 bits per heavy atom. The normalized spacial score (nSPS) is 30.4. The lowest BCUT2D eigenvalue weighted by atomic mass is 9.69. The third-order valence-corrected chi connectivity index (χ3v) is 10.6. The highest BCUT2D eigenvalue weighted by molar-refractivity contribution is 7.91. The zero-order chi connectivity index (χ0) is 24.7. The van der Waals surface area contributed by atoms with E-state index in [1.165, 1.54) is 13.2 Å². The van der Waals surface area contributed by atoms with E-state index in [0.29, 0.717) is 42.3 Å². The predicted octanol–water partition coefficient (Wildman–Crippen LogP) is 3.74. The van der Waals surface area contributed by atoms with E-state index >= 15 is 0 Å². The molecule has 2 saturated carbocycles. The van der Waals surface area contributed by atoms with Gasteiger partial charge < -0.3 is 14.4 Å². The summed E-state index contributed by atoms with van der Waals surface area (Å²) in [6.45, 7) is 6.70. The predicted molar refractivity (Wildman–Crippen MR) is 127 cm³/mol. The lowest BCUT2D eigenvalue weighted by Crippen LogP contribution is -2.46. The summed E-state index contributed by atoms with van der Waals surface area (Å²) in [7, 11) is -2.18. The van der Waals surface area contributed by atoms with Gasteiger partial charge in [0.2, 0.25) is 0 Å². The maximum absolute atomic E-state index is 13.4. The smallest absolute Gasteiger partial charge is 0.332 e. The fraction of sp³-hybridized carbons (Fsp3) is 0.615. The van der Waals surface area contributed by atoms with E-state index in [4.69, 9.17) is 9.47 Å². The van der Waals surface area contributed by atoms with Crippen LogP contribution in [0.5, 0.6) is 0 Å². The number of sulfone groups is 1. The maximum Gasteiger partial charge on any atom is 0.332 e. The summed E-state index contributed by atoms with van der Waals surface area (Å²) in [6.07, 6.45) is 4.82. The second kappa shape index (κ2) is 9.02. The molecule has 1 aromatic carbocycles. The van der Waals surface area contributed by atoms with Crippen LogP contribution in [0.1, 0.15) is 52.9 Å². The maximum atomic E-state index is 13.4. The summed E-state index contributed by atoms with van der Waals surface area (Å²) in [4.78, 5) is 27.3. The number of carbonyl (C=O) groups is 2. The Balaban J connectivity index is 1.55. The van der Waals surface area contributed by atoms with Crippen molar-refractivity contribution in [3.8, 4) is 0 Å². The van der Waals surface area contributed by atoms with Gasteiger partial charge in [-0.15, -0.1) is 0 Å². The van der Waals surface area contributed by atoms with Crippen molar-refractivity contribution in [3.63, 3.8) is 0 Å². The van der Waals surface area contributed by atoms with Gasteiger partial charge in [0.1, 0.15) is 12.1 Å². The number of methoxy groups -OCH3 is 1. The van der Waals surface area contributed by atoms with Crippen molar-refractivity contribution in [2.24, 2.45) is 16.7 Å². The average Bonchev–Trinajstić information content (AvgIpc) is 3.43. The second-order valence-corrected chi connectivity index (χ2v) is 12.5. The highest BCUT2D eigenvalue weighted by atomic mass is 32.2. The monoisotopic (exact) mass is 489 g/mol. The van der Waals surface area contributed by atoms with Crippen molar-refractivity contribution in [1.29, 1.82) is 0 Å². The Kier molecular flexibility index (Phi) is 6.57. The van der Waals surface area contributed by atoms with E-state index in [1.807, 2.05) is 4.90 Å². The minimum atomic E-state index is -3.55. The fourth-order valence-corrected chi connectivity index (χ4v) is 8.67. The molecular weight excluding hydrogens is 454 g/mol. The summed E-state index contributed by atoms with van der Waals surface area (Å²) in [5.74, 6) is -0.523. The van der Waals surface area contributed by atoms with Crippen LogP contribution < -0.4 is 0 Å². The standard InChI is InChI=1S/C26H35NO6S/c1-18(27-14-8-11-21(27)24(29)32-4)15-23(28)33-22-16-19-12-13-26(22,25(19,2)3)17-34(30,31)20-9-6-5-7-10-20/h5-7,9-10,15,19,21-22H,8,11-14,16-17H2,1-4H3/b18-15-/t19-,21-,22-,26-/m0/s1. The van der Waals surface area contributed by atoms with Crippen molar-refractivity contribution in [2.45, 2.75) is 69.9 Å². The zero-order valence-corrected chi connectivity index (χ0v) is 21.3. The number of allylic oxidation sites excluding steroid dienone is 1. The van der Waals surface area contributed by atoms with E-state index in [-0.39, 0.29) is 17.1 Å². The van der Waals surface area contributed by atoms with Crippen molar-refractivity contribution >= 4 is 21.8 Å². The largest absolute Gasteiger partial charge is 0.467 e. The van der Waals surface area contributed by atoms with Gasteiger partial charge in [0.05, 0.1) is 17.8 Å². The van der Waals surface area contributed by atoms with Crippen LogP contribution in [0.2, 0.25) is 0 Å². The van der Waals surface area contributed by atoms with Crippen LogP contribution in [-0.2, 0) is 28.9 Å². The van der Waals surface area contributed by atoms with E-state index in [9.17, 15) is 18.0 Å². The first kappa shape index (κ1) is 24.8. The molecule has 186 valence electrons. The van der Waals surface area contributed by atoms with Crippen LogP contribution in [0, 0.1) is 16.7 Å². The van der Waals surface area contributed by atoms with E-state index in [1.54, 1.807) is 37.3 Å². The van der Waals surface area contributed by atoms with Crippen LogP contribution in [-0.4, -0.2) is 56.8 Å². The number of carbonyl (C=O) groups excluding carboxylic acids is 2. The lowest BCUT2D eigenvalue weighted by molar-refractivity contribution is -0.151. The van der Waals surface area contributed by atoms with Crippen LogP contribution in [0.15, 0.2) is 47.0 Å². The summed E-state index contributed by atoms with van der Waals surface area (Å²) in [6, 6.07) is 8.12. The minimum absolute atomic E-state index is 0.0370.